The number of rotatable bonds is 2. The van der Waals surface area contributed by atoms with Gasteiger partial charge in [0.2, 0.25) is 11.8 Å². The normalized spacial score (nSPS) is 20.0. The summed E-state index contributed by atoms with van der Waals surface area (Å²) in [4.78, 5) is 48.9. The fourth-order valence-electron chi connectivity index (χ4n) is 2.74. The van der Waals surface area contributed by atoms with Crippen molar-refractivity contribution >= 4 is 23.6 Å². The summed E-state index contributed by atoms with van der Waals surface area (Å²) in [6.45, 7) is 5.96. The summed E-state index contributed by atoms with van der Waals surface area (Å²) in [6.07, 6.45) is 1.06. The van der Waals surface area contributed by atoms with Crippen molar-refractivity contribution in [2.75, 3.05) is 0 Å². The third-order valence-corrected chi connectivity index (χ3v) is 3.91. The molecule has 0 spiro atoms. The zero-order valence-electron chi connectivity index (χ0n) is 13.5. The molecule has 0 saturated carbocycles. The number of carbonyl (C=O) groups is 4. The quantitative estimate of drug-likeness (QED) is 0.841. The van der Waals surface area contributed by atoms with Crippen LogP contribution in [0, 0.1) is 0 Å². The molecule has 1 aromatic carbocycles. The predicted octanol–water partition coefficient (Wildman–Crippen LogP) is 1.68. The van der Waals surface area contributed by atoms with Crippen molar-refractivity contribution < 1.29 is 19.2 Å². The number of hydrogen-bond donors (Lipinski definition) is 1. The van der Waals surface area contributed by atoms with Crippen molar-refractivity contribution in [1.82, 2.24) is 10.2 Å². The van der Waals surface area contributed by atoms with Crippen LogP contribution >= 0.6 is 0 Å². The topological polar surface area (TPSA) is 83.6 Å². The molecule has 2 aliphatic rings. The molecule has 6 nitrogen and oxygen atoms in total. The van der Waals surface area contributed by atoms with E-state index in [1.54, 1.807) is 18.2 Å². The first-order chi connectivity index (χ1) is 11.0. The van der Waals surface area contributed by atoms with Gasteiger partial charge < -0.3 is 0 Å². The predicted molar refractivity (Wildman–Crippen MR) is 83.8 cm³/mol. The van der Waals surface area contributed by atoms with Crippen LogP contribution in [0.1, 0.15) is 59.9 Å². The maximum atomic E-state index is 12.4. The molecule has 4 amide bonds. The Balaban J connectivity index is 0.000000924. The Hall–Kier alpha value is -2.50. The van der Waals surface area contributed by atoms with Crippen LogP contribution in [0.3, 0.4) is 0 Å². The van der Waals surface area contributed by atoms with E-state index < -0.39 is 23.8 Å². The smallest absolute Gasteiger partial charge is 0.262 e. The molecule has 3 rings (SSSR count). The molecule has 0 aromatic heterocycles. The molecule has 6 heteroatoms. The lowest BCUT2D eigenvalue weighted by atomic mass is 10.0. The minimum Gasteiger partial charge on any atom is -0.295 e. The second-order valence-electron chi connectivity index (χ2n) is 5.18. The highest BCUT2D eigenvalue weighted by Crippen LogP contribution is 2.28. The molecule has 1 atom stereocenters. The Morgan fingerprint density at radius 3 is 2.35 bits per heavy atom. The molecular formula is C17H20N2O4. The van der Waals surface area contributed by atoms with Crippen LogP contribution in [0.4, 0.5) is 0 Å². The van der Waals surface area contributed by atoms with Crippen LogP contribution in [0.15, 0.2) is 18.2 Å². The zero-order chi connectivity index (χ0) is 17.1. The van der Waals surface area contributed by atoms with Crippen molar-refractivity contribution in [3.8, 4) is 0 Å². The van der Waals surface area contributed by atoms with Gasteiger partial charge in [0, 0.05) is 6.42 Å². The maximum absolute atomic E-state index is 12.4. The molecule has 1 fully saturated rings. The number of imide groups is 2. The molecule has 1 N–H and O–H groups in total. The van der Waals surface area contributed by atoms with E-state index in [1.807, 2.05) is 20.8 Å². The minimum absolute atomic E-state index is 0.129. The molecule has 0 radical (unpaired) electrons. The van der Waals surface area contributed by atoms with Gasteiger partial charge in [-0.15, -0.1) is 0 Å². The lowest BCUT2D eigenvalue weighted by Gasteiger charge is -2.27. The van der Waals surface area contributed by atoms with Crippen LogP contribution in [-0.2, 0) is 16.0 Å². The molecule has 2 heterocycles. The van der Waals surface area contributed by atoms with Crippen molar-refractivity contribution in [3.05, 3.63) is 34.9 Å². The number of benzene rings is 1. The van der Waals surface area contributed by atoms with Gasteiger partial charge in [0.05, 0.1) is 11.1 Å². The Morgan fingerprint density at radius 1 is 1.09 bits per heavy atom. The first-order valence-electron chi connectivity index (χ1n) is 7.87. The molecule has 122 valence electrons. The van der Waals surface area contributed by atoms with E-state index >= 15 is 0 Å². The first kappa shape index (κ1) is 16.9. The summed E-state index contributed by atoms with van der Waals surface area (Å²) < 4.78 is 0. The lowest BCUT2D eigenvalue weighted by molar-refractivity contribution is -0.136. The van der Waals surface area contributed by atoms with Gasteiger partial charge in [-0.25, -0.2) is 0 Å². The van der Waals surface area contributed by atoms with Crippen LogP contribution in [-0.4, -0.2) is 34.6 Å². The molecule has 1 aromatic rings. The molecule has 23 heavy (non-hydrogen) atoms. The molecule has 0 bridgehead atoms. The van der Waals surface area contributed by atoms with E-state index in [0.717, 1.165) is 16.9 Å². The van der Waals surface area contributed by atoms with Gasteiger partial charge in [-0.1, -0.05) is 26.8 Å². The number of nitrogens with one attached hydrogen (secondary N) is 1. The highest BCUT2D eigenvalue weighted by Gasteiger charge is 2.44. The fourth-order valence-corrected chi connectivity index (χ4v) is 2.74. The summed E-state index contributed by atoms with van der Waals surface area (Å²) in [5, 5.41) is 2.17. The van der Waals surface area contributed by atoms with E-state index in [9.17, 15) is 19.2 Å². The Kier molecular flexibility index (Phi) is 4.93. The van der Waals surface area contributed by atoms with Gasteiger partial charge in [-0.05, 0) is 30.5 Å². The number of carbonyl (C=O) groups excluding carboxylic acids is 4. The number of amides is 4. The second-order valence-corrected chi connectivity index (χ2v) is 5.18. The summed E-state index contributed by atoms with van der Waals surface area (Å²) in [5.41, 5.74) is 1.62. The maximum Gasteiger partial charge on any atom is 0.262 e. The fraction of sp³-hybridized carbons (Fsp3) is 0.412. The number of piperidine rings is 1. The van der Waals surface area contributed by atoms with E-state index in [0.29, 0.717) is 11.1 Å². The standard InChI is InChI=1S/C15H14N2O4.C2H6/c1-2-8-3-4-9-10(7-8)15(21)17(14(9)20)11-5-6-12(18)16-13(11)19;1-2/h3-4,7,11H,2,5-6H2,1H3,(H,16,18,19);1-2H3. The summed E-state index contributed by atoms with van der Waals surface area (Å²) >= 11 is 0. The number of fused-ring (bicyclic) bond motifs is 1. The van der Waals surface area contributed by atoms with Crippen molar-refractivity contribution in [1.29, 1.82) is 0 Å². The summed E-state index contributed by atoms with van der Waals surface area (Å²) in [7, 11) is 0. The van der Waals surface area contributed by atoms with Gasteiger partial charge in [0.15, 0.2) is 0 Å². The van der Waals surface area contributed by atoms with Crippen molar-refractivity contribution in [2.24, 2.45) is 0 Å². The summed E-state index contributed by atoms with van der Waals surface area (Å²) in [5.74, 6) is -1.88. The average molecular weight is 316 g/mol. The molecule has 0 aliphatic carbocycles. The van der Waals surface area contributed by atoms with Gasteiger partial charge >= 0.3 is 0 Å². The van der Waals surface area contributed by atoms with Crippen LogP contribution in [0.25, 0.3) is 0 Å². The lowest BCUT2D eigenvalue weighted by Crippen LogP contribution is -2.54. The third kappa shape index (κ3) is 2.88. The Morgan fingerprint density at radius 2 is 1.74 bits per heavy atom. The highest BCUT2D eigenvalue weighted by atomic mass is 16.2. The largest absolute Gasteiger partial charge is 0.295 e. The number of hydrogen-bond acceptors (Lipinski definition) is 4. The third-order valence-electron chi connectivity index (χ3n) is 3.91. The van der Waals surface area contributed by atoms with E-state index in [-0.39, 0.29) is 18.7 Å². The van der Waals surface area contributed by atoms with Crippen molar-refractivity contribution in [2.45, 2.75) is 46.1 Å². The van der Waals surface area contributed by atoms with Crippen LogP contribution in [0.2, 0.25) is 0 Å². The molecular weight excluding hydrogens is 296 g/mol. The Bertz CT molecular complexity index is 681. The van der Waals surface area contributed by atoms with E-state index in [4.69, 9.17) is 0 Å². The number of nitrogens with zero attached hydrogens (tertiary/aromatic N) is 1. The molecule has 2 aliphatic heterocycles. The Labute approximate surface area is 134 Å². The highest BCUT2D eigenvalue weighted by molar-refractivity contribution is 6.23. The molecule has 1 saturated heterocycles. The van der Waals surface area contributed by atoms with E-state index in [2.05, 4.69) is 5.32 Å². The van der Waals surface area contributed by atoms with Gasteiger partial charge in [0.25, 0.3) is 11.8 Å². The van der Waals surface area contributed by atoms with Gasteiger partial charge in [-0.2, -0.15) is 0 Å². The van der Waals surface area contributed by atoms with Gasteiger partial charge in [0.1, 0.15) is 6.04 Å². The minimum atomic E-state index is -0.903. The average Bonchev–Trinajstić information content (AvgIpc) is 2.81. The molecule has 1 unspecified atom stereocenters. The van der Waals surface area contributed by atoms with Crippen LogP contribution < -0.4 is 5.32 Å². The summed E-state index contributed by atoms with van der Waals surface area (Å²) in [6, 6.07) is 4.22. The van der Waals surface area contributed by atoms with Crippen molar-refractivity contribution in [3.63, 3.8) is 0 Å². The zero-order valence-corrected chi connectivity index (χ0v) is 13.5. The van der Waals surface area contributed by atoms with Gasteiger partial charge in [-0.3, -0.25) is 29.4 Å². The first-order valence-corrected chi connectivity index (χ1v) is 7.87. The number of aryl methyl sites for hydroxylation is 1. The van der Waals surface area contributed by atoms with Crippen LogP contribution in [0.5, 0.6) is 0 Å². The monoisotopic (exact) mass is 316 g/mol. The van der Waals surface area contributed by atoms with E-state index in [1.165, 1.54) is 0 Å². The second kappa shape index (κ2) is 6.73. The SMILES string of the molecule is CC.CCc1ccc2c(c1)C(=O)N(C1CCC(=O)NC1=O)C2=O.